The normalized spacial score (nSPS) is 15.3. The maximum Gasteiger partial charge on any atom is 0.0216 e. The molecule has 0 fully saturated rings. The van der Waals surface area contributed by atoms with Crippen LogP contribution in [0.3, 0.4) is 0 Å². The van der Waals surface area contributed by atoms with Crippen LogP contribution in [0.5, 0.6) is 0 Å². The fourth-order valence-electron chi connectivity index (χ4n) is 1.50. The van der Waals surface area contributed by atoms with Crippen LogP contribution in [0.15, 0.2) is 24.3 Å². The number of hydrogen-bond donors (Lipinski definition) is 0. The number of fused-ring (bicyclic) bond motifs is 1. The molecule has 0 aliphatic heterocycles. The van der Waals surface area contributed by atoms with Gasteiger partial charge in [0.05, 0.1) is 0 Å². The number of hydrogen-bond acceptors (Lipinski definition) is 0. The van der Waals surface area contributed by atoms with Gasteiger partial charge in [-0.25, -0.2) is 0 Å². The Morgan fingerprint density at radius 1 is 1.17 bits per heavy atom. The highest BCUT2D eigenvalue weighted by Crippen LogP contribution is 2.34. The number of aryl methyl sites for hydroxylation is 1. The Labute approximate surface area is 99.7 Å². The van der Waals surface area contributed by atoms with Gasteiger partial charge < -0.3 is 0 Å². The molecule has 0 radical (unpaired) electrons. The summed E-state index contributed by atoms with van der Waals surface area (Å²) in [6.45, 7) is 0. The molecule has 0 saturated heterocycles. The number of halogens is 2. The van der Waals surface area contributed by atoms with Crippen LogP contribution in [0.25, 0.3) is 3.58 Å². The Balaban J connectivity index is 2.64. The molecule has 0 spiro atoms. The summed E-state index contributed by atoms with van der Waals surface area (Å²) < 4.78 is 2.80. The van der Waals surface area contributed by atoms with Gasteiger partial charge in [0, 0.05) is 12.7 Å². The Kier molecular flexibility index (Phi) is 2.74. The van der Waals surface area contributed by atoms with E-state index < -0.39 is 0 Å². The van der Waals surface area contributed by atoms with Crippen molar-refractivity contribution >= 4 is 48.8 Å². The van der Waals surface area contributed by atoms with E-state index in [1.165, 1.54) is 31.1 Å². The minimum Gasteiger partial charge on any atom is -0.0701 e. The van der Waals surface area contributed by atoms with Crippen LogP contribution in [0.4, 0.5) is 0 Å². The van der Waals surface area contributed by atoms with Gasteiger partial charge in [0.15, 0.2) is 0 Å². The van der Waals surface area contributed by atoms with Crippen molar-refractivity contribution in [1.29, 1.82) is 0 Å². The van der Waals surface area contributed by atoms with Crippen molar-refractivity contribution in [3.63, 3.8) is 0 Å². The van der Waals surface area contributed by atoms with Crippen LogP contribution in [0.1, 0.15) is 17.5 Å². The molecule has 1 aliphatic carbocycles. The fraction of sp³-hybridized carbons (Fsp3) is 0.200. The molecular formula is C10H8I2. The highest BCUT2D eigenvalue weighted by atomic mass is 127. The van der Waals surface area contributed by atoms with Gasteiger partial charge in [0.25, 0.3) is 0 Å². The third kappa shape index (κ3) is 1.55. The molecule has 0 nitrogen and oxygen atoms in total. The topological polar surface area (TPSA) is 0 Å². The van der Waals surface area contributed by atoms with Gasteiger partial charge in [-0.2, -0.15) is 0 Å². The molecule has 1 aromatic carbocycles. The summed E-state index contributed by atoms with van der Waals surface area (Å²) in [6, 6.07) is 6.57. The number of rotatable bonds is 0. The highest BCUT2D eigenvalue weighted by molar-refractivity contribution is 14.1. The van der Waals surface area contributed by atoms with Crippen molar-refractivity contribution in [2.45, 2.75) is 12.8 Å². The molecule has 2 rings (SSSR count). The molecule has 1 aliphatic rings. The Morgan fingerprint density at radius 3 is 2.75 bits per heavy atom. The van der Waals surface area contributed by atoms with Crippen LogP contribution in [0.2, 0.25) is 0 Å². The van der Waals surface area contributed by atoms with Gasteiger partial charge in [-0.15, -0.1) is 0 Å². The lowest BCUT2D eigenvalue weighted by Gasteiger charge is -2.14. The minimum atomic E-state index is 1.20. The van der Waals surface area contributed by atoms with Gasteiger partial charge in [-0.3, -0.25) is 0 Å². The summed E-state index contributed by atoms with van der Waals surface area (Å²) in [4.78, 5) is 0. The molecule has 1 aromatic rings. The fourth-order valence-corrected chi connectivity index (χ4v) is 3.81. The lowest BCUT2D eigenvalue weighted by atomic mass is 9.98. The second-order valence-electron chi connectivity index (χ2n) is 2.86. The zero-order chi connectivity index (χ0) is 8.55. The first-order valence-electron chi connectivity index (χ1n) is 3.92. The van der Waals surface area contributed by atoms with Crippen molar-refractivity contribution in [3.8, 4) is 0 Å². The number of benzene rings is 1. The van der Waals surface area contributed by atoms with Crippen molar-refractivity contribution in [2.24, 2.45) is 0 Å². The largest absolute Gasteiger partial charge is 0.0701 e. The standard InChI is InChI=1S/C10H8I2/c11-8-5-1-3-7-4-2-6-9(12)10(7)8/h1,3,5-6H,2,4H2. The van der Waals surface area contributed by atoms with E-state index in [-0.39, 0.29) is 0 Å². The Morgan fingerprint density at radius 2 is 2.00 bits per heavy atom. The molecular weight excluding hydrogens is 374 g/mol. The van der Waals surface area contributed by atoms with Gasteiger partial charge in [-0.05, 0) is 69.7 Å². The maximum atomic E-state index is 2.43. The van der Waals surface area contributed by atoms with Crippen molar-refractivity contribution in [1.82, 2.24) is 0 Å². The summed E-state index contributed by atoms with van der Waals surface area (Å²) in [6.07, 6.45) is 4.73. The van der Waals surface area contributed by atoms with Crippen LogP contribution < -0.4 is 0 Å². The van der Waals surface area contributed by atoms with E-state index in [9.17, 15) is 0 Å². The minimum absolute atomic E-state index is 1.20. The van der Waals surface area contributed by atoms with Crippen LogP contribution in [-0.4, -0.2) is 0 Å². The third-order valence-electron chi connectivity index (χ3n) is 2.08. The zero-order valence-electron chi connectivity index (χ0n) is 6.48. The second kappa shape index (κ2) is 3.65. The molecule has 0 N–H and O–H groups in total. The van der Waals surface area contributed by atoms with Crippen LogP contribution in [0, 0.1) is 3.57 Å². The van der Waals surface area contributed by atoms with Gasteiger partial charge in [0.1, 0.15) is 0 Å². The lowest BCUT2D eigenvalue weighted by Crippen LogP contribution is -1.98. The molecule has 0 saturated carbocycles. The zero-order valence-corrected chi connectivity index (χ0v) is 10.8. The molecule has 62 valence electrons. The van der Waals surface area contributed by atoms with Crippen molar-refractivity contribution in [3.05, 3.63) is 39.0 Å². The molecule has 0 unspecified atom stereocenters. The molecule has 2 heteroatoms. The maximum absolute atomic E-state index is 2.43. The predicted octanol–water partition coefficient (Wildman–Crippen LogP) is 4.01. The summed E-state index contributed by atoms with van der Waals surface area (Å²) in [5.74, 6) is 0. The molecule has 0 aromatic heterocycles. The van der Waals surface area contributed by atoms with E-state index in [2.05, 4.69) is 69.5 Å². The van der Waals surface area contributed by atoms with Crippen molar-refractivity contribution < 1.29 is 0 Å². The number of allylic oxidation sites excluding steroid dienone is 1. The molecule has 0 bridgehead atoms. The first-order chi connectivity index (χ1) is 5.79. The van der Waals surface area contributed by atoms with E-state index in [1.54, 1.807) is 0 Å². The molecule has 0 amide bonds. The summed E-state index contributed by atoms with van der Waals surface area (Å²) >= 11 is 4.84. The highest BCUT2D eigenvalue weighted by Gasteiger charge is 2.12. The van der Waals surface area contributed by atoms with E-state index in [4.69, 9.17) is 0 Å². The average molecular weight is 382 g/mol. The quantitative estimate of drug-likeness (QED) is 0.595. The summed E-state index contributed by atoms with van der Waals surface area (Å²) in [5.41, 5.74) is 2.97. The van der Waals surface area contributed by atoms with Gasteiger partial charge in [-0.1, -0.05) is 18.2 Å². The smallest absolute Gasteiger partial charge is 0.0216 e. The van der Waals surface area contributed by atoms with E-state index in [0.717, 1.165) is 0 Å². The third-order valence-corrected chi connectivity index (χ3v) is 3.95. The van der Waals surface area contributed by atoms with Gasteiger partial charge in [0.2, 0.25) is 0 Å². The summed E-state index contributed by atoms with van der Waals surface area (Å²) in [7, 11) is 0. The monoisotopic (exact) mass is 382 g/mol. The van der Waals surface area contributed by atoms with E-state index >= 15 is 0 Å². The predicted molar refractivity (Wildman–Crippen MR) is 69.5 cm³/mol. The van der Waals surface area contributed by atoms with Crippen LogP contribution >= 0.6 is 45.2 Å². The van der Waals surface area contributed by atoms with E-state index in [1.807, 2.05) is 0 Å². The summed E-state index contributed by atoms with van der Waals surface area (Å²) in [5, 5.41) is 0. The Bertz CT molecular complexity index is 340. The lowest BCUT2D eigenvalue weighted by molar-refractivity contribution is 0.982. The van der Waals surface area contributed by atoms with E-state index in [0.29, 0.717) is 0 Å². The van der Waals surface area contributed by atoms with Gasteiger partial charge >= 0.3 is 0 Å². The SMILES string of the molecule is IC1=CCCc2cccc(I)c21. The first kappa shape index (κ1) is 8.99. The first-order valence-corrected chi connectivity index (χ1v) is 6.08. The van der Waals surface area contributed by atoms with Crippen molar-refractivity contribution in [2.75, 3.05) is 0 Å². The Hall–Kier alpha value is 0.420. The molecule has 0 atom stereocenters. The molecule has 0 heterocycles. The average Bonchev–Trinajstić information content (AvgIpc) is 2.04. The molecule has 12 heavy (non-hydrogen) atoms. The second-order valence-corrected chi connectivity index (χ2v) is 5.19. The van der Waals surface area contributed by atoms with Crippen LogP contribution in [-0.2, 0) is 6.42 Å².